The van der Waals surface area contributed by atoms with Gasteiger partial charge in [-0.15, -0.1) is 24.0 Å². The molecule has 1 unspecified atom stereocenters. The number of hydrogen-bond acceptors (Lipinski definition) is 4. The summed E-state index contributed by atoms with van der Waals surface area (Å²) >= 11 is 0. The second-order valence-electron chi connectivity index (χ2n) is 7.74. The van der Waals surface area contributed by atoms with Crippen molar-refractivity contribution in [3.8, 4) is 0 Å². The molecule has 6 nitrogen and oxygen atoms in total. The molecule has 1 N–H and O–H groups in total. The lowest BCUT2D eigenvalue weighted by Crippen LogP contribution is -2.47. The molecule has 0 bridgehead atoms. The Balaban J connectivity index is 0.00000420. The van der Waals surface area contributed by atoms with Crippen molar-refractivity contribution in [3.63, 3.8) is 0 Å². The van der Waals surface area contributed by atoms with Gasteiger partial charge in [0.2, 0.25) is 0 Å². The maximum Gasteiger partial charge on any atom is 0.193 e. The zero-order chi connectivity index (χ0) is 20.2. The van der Waals surface area contributed by atoms with Gasteiger partial charge in [-0.05, 0) is 43.7 Å². The van der Waals surface area contributed by atoms with Crippen molar-refractivity contribution < 1.29 is 9.47 Å². The van der Waals surface area contributed by atoms with Crippen LogP contribution in [-0.4, -0.2) is 68.4 Å². The number of hydrogen-bond donors (Lipinski definition) is 1. The van der Waals surface area contributed by atoms with Crippen molar-refractivity contribution in [3.05, 3.63) is 30.1 Å². The van der Waals surface area contributed by atoms with Gasteiger partial charge in [-0.25, -0.2) is 0 Å². The number of methoxy groups -OCH3 is 1. The molecule has 7 heteroatoms. The number of pyridine rings is 1. The number of aliphatic imine (C=N–C) groups is 1. The Morgan fingerprint density at radius 3 is 2.66 bits per heavy atom. The molecule has 0 amide bonds. The maximum absolute atomic E-state index is 5.99. The molecule has 1 aliphatic rings. The third-order valence-electron chi connectivity index (χ3n) is 5.28. The van der Waals surface area contributed by atoms with Gasteiger partial charge >= 0.3 is 0 Å². The van der Waals surface area contributed by atoms with E-state index >= 15 is 0 Å². The lowest BCUT2D eigenvalue weighted by molar-refractivity contribution is 0.00990. The van der Waals surface area contributed by atoms with Crippen LogP contribution in [0, 0.1) is 5.92 Å². The Kier molecular flexibility index (Phi) is 13.5. The molecule has 0 aromatic carbocycles. The molecule has 1 aromatic rings. The van der Waals surface area contributed by atoms with Crippen molar-refractivity contribution in [1.82, 2.24) is 15.2 Å². The van der Waals surface area contributed by atoms with Gasteiger partial charge in [0.1, 0.15) is 0 Å². The summed E-state index contributed by atoms with van der Waals surface area (Å²) in [5, 5.41) is 3.48. The summed E-state index contributed by atoms with van der Waals surface area (Å²) in [5.74, 6) is 1.92. The van der Waals surface area contributed by atoms with E-state index in [0.717, 1.165) is 64.6 Å². The van der Waals surface area contributed by atoms with Crippen LogP contribution in [-0.2, 0) is 9.47 Å². The Hall–Kier alpha value is -0.930. The quantitative estimate of drug-likeness (QED) is 0.220. The number of likely N-dealkylation sites (tertiary alicyclic amines) is 1. The average Bonchev–Trinajstić information content (AvgIpc) is 2.72. The molecule has 1 aliphatic heterocycles. The molecular weight excluding hydrogens is 479 g/mol. The summed E-state index contributed by atoms with van der Waals surface area (Å²) < 4.78 is 11.1. The average molecular weight is 518 g/mol. The van der Waals surface area contributed by atoms with Crippen molar-refractivity contribution in [1.29, 1.82) is 0 Å². The number of guanidine groups is 1. The van der Waals surface area contributed by atoms with Crippen LogP contribution in [0.5, 0.6) is 0 Å². The van der Waals surface area contributed by atoms with E-state index in [0.29, 0.717) is 17.9 Å². The number of nitrogens with one attached hydrogen (secondary N) is 1. The summed E-state index contributed by atoms with van der Waals surface area (Å²) in [4.78, 5) is 11.7. The van der Waals surface area contributed by atoms with Gasteiger partial charge in [0.05, 0.1) is 6.10 Å². The van der Waals surface area contributed by atoms with E-state index < -0.39 is 0 Å². The molecule has 1 fully saturated rings. The topological polar surface area (TPSA) is 59.0 Å². The largest absolute Gasteiger partial charge is 0.385 e. The standard InChI is InChI=1S/C22H38N4O2.HI/c1-5-24-22(25-17-21(18(2)3)19-8-6-11-23-16-19)26-12-9-20(10-13-26)28-15-7-14-27-4;/h6,8,11,16,18,20-21H,5,7,9-10,12-15,17H2,1-4H3,(H,24,25);1H. The Labute approximate surface area is 193 Å². The fourth-order valence-electron chi connectivity index (χ4n) is 3.59. The predicted octanol–water partition coefficient (Wildman–Crippen LogP) is 3.92. The highest BCUT2D eigenvalue weighted by atomic mass is 127. The zero-order valence-corrected chi connectivity index (χ0v) is 20.8. The predicted molar refractivity (Wildman–Crippen MR) is 130 cm³/mol. The number of aromatic nitrogens is 1. The Morgan fingerprint density at radius 1 is 1.31 bits per heavy atom. The van der Waals surface area contributed by atoms with Crippen molar-refractivity contribution >= 4 is 29.9 Å². The molecule has 2 heterocycles. The maximum atomic E-state index is 5.99. The number of nitrogens with zero attached hydrogens (tertiary/aromatic N) is 3. The van der Waals surface area contributed by atoms with E-state index in [4.69, 9.17) is 14.5 Å². The minimum Gasteiger partial charge on any atom is -0.385 e. The number of piperidine rings is 1. The van der Waals surface area contributed by atoms with Crippen LogP contribution in [0.15, 0.2) is 29.5 Å². The molecule has 1 atom stereocenters. The third kappa shape index (κ3) is 9.17. The van der Waals surface area contributed by atoms with Gasteiger partial charge in [-0.1, -0.05) is 19.9 Å². The van der Waals surface area contributed by atoms with Crippen LogP contribution in [0.4, 0.5) is 0 Å². The molecule has 29 heavy (non-hydrogen) atoms. The van der Waals surface area contributed by atoms with Crippen LogP contribution in [0.25, 0.3) is 0 Å². The SMILES string of the molecule is CCNC(=NCC(c1cccnc1)C(C)C)N1CCC(OCCCOC)CC1.I. The minimum atomic E-state index is 0. The highest BCUT2D eigenvalue weighted by molar-refractivity contribution is 14.0. The molecule has 0 spiro atoms. The number of ether oxygens (including phenoxy) is 2. The Bertz CT molecular complexity index is 563. The van der Waals surface area contributed by atoms with Crippen molar-refractivity contribution in [2.75, 3.05) is 46.5 Å². The summed E-state index contributed by atoms with van der Waals surface area (Å²) in [6.45, 7) is 11.8. The first kappa shape index (κ1) is 26.1. The molecule has 166 valence electrons. The highest BCUT2D eigenvalue weighted by Gasteiger charge is 2.23. The Morgan fingerprint density at radius 2 is 2.07 bits per heavy atom. The highest BCUT2D eigenvalue weighted by Crippen LogP contribution is 2.24. The van der Waals surface area contributed by atoms with Crippen LogP contribution in [0.2, 0.25) is 0 Å². The molecule has 0 saturated carbocycles. The van der Waals surface area contributed by atoms with Gasteiger partial charge in [-0.3, -0.25) is 9.98 Å². The summed E-state index contributed by atoms with van der Waals surface area (Å²) in [7, 11) is 1.73. The van der Waals surface area contributed by atoms with Gasteiger partial charge in [0.15, 0.2) is 5.96 Å². The third-order valence-corrected chi connectivity index (χ3v) is 5.28. The van der Waals surface area contributed by atoms with Crippen LogP contribution >= 0.6 is 24.0 Å². The zero-order valence-electron chi connectivity index (χ0n) is 18.5. The second kappa shape index (κ2) is 15.0. The van der Waals surface area contributed by atoms with E-state index in [1.807, 2.05) is 18.5 Å². The van der Waals surface area contributed by atoms with Crippen LogP contribution in [0.3, 0.4) is 0 Å². The van der Waals surface area contributed by atoms with Crippen LogP contribution < -0.4 is 5.32 Å². The van der Waals surface area contributed by atoms with Crippen molar-refractivity contribution in [2.24, 2.45) is 10.9 Å². The van der Waals surface area contributed by atoms with Gasteiger partial charge in [-0.2, -0.15) is 0 Å². The first-order chi connectivity index (χ1) is 13.7. The molecular formula is C22H39IN4O2. The monoisotopic (exact) mass is 518 g/mol. The van der Waals surface area contributed by atoms with Crippen LogP contribution in [0.1, 0.15) is 51.5 Å². The smallest absolute Gasteiger partial charge is 0.193 e. The van der Waals surface area contributed by atoms with E-state index in [2.05, 4.69) is 42.0 Å². The van der Waals surface area contributed by atoms with E-state index in [9.17, 15) is 0 Å². The summed E-state index contributed by atoms with van der Waals surface area (Å²) in [6.07, 6.45) is 7.22. The second-order valence-corrected chi connectivity index (χ2v) is 7.74. The van der Waals surface area contributed by atoms with E-state index in [1.54, 1.807) is 7.11 Å². The number of halogens is 1. The molecule has 1 aromatic heterocycles. The minimum absolute atomic E-state index is 0. The summed E-state index contributed by atoms with van der Waals surface area (Å²) in [5.41, 5.74) is 1.26. The molecule has 0 radical (unpaired) electrons. The fourth-order valence-corrected chi connectivity index (χ4v) is 3.59. The van der Waals surface area contributed by atoms with Crippen molar-refractivity contribution in [2.45, 2.75) is 52.1 Å². The first-order valence-electron chi connectivity index (χ1n) is 10.7. The van der Waals surface area contributed by atoms with E-state index in [1.165, 1.54) is 5.56 Å². The number of rotatable bonds is 10. The van der Waals surface area contributed by atoms with Gasteiger partial charge in [0, 0.05) is 64.8 Å². The lowest BCUT2D eigenvalue weighted by Gasteiger charge is -2.34. The molecule has 0 aliphatic carbocycles. The lowest BCUT2D eigenvalue weighted by atomic mass is 9.89. The summed E-state index contributed by atoms with van der Waals surface area (Å²) in [6, 6.07) is 4.17. The fraction of sp³-hybridized carbons (Fsp3) is 0.727. The molecule has 1 saturated heterocycles. The van der Waals surface area contributed by atoms with Gasteiger partial charge in [0.25, 0.3) is 0 Å². The van der Waals surface area contributed by atoms with E-state index in [-0.39, 0.29) is 24.0 Å². The molecule has 2 rings (SSSR count). The first-order valence-corrected chi connectivity index (χ1v) is 10.7. The van der Waals surface area contributed by atoms with Gasteiger partial charge < -0.3 is 19.7 Å². The normalized spacial score (nSPS) is 16.6.